The first-order valence-electron chi connectivity index (χ1n) is 12.7. The Morgan fingerprint density at radius 3 is 2.57 bits per heavy atom. The number of aromatic nitrogens is 2. The molecule has 1 fully saturated rings. The van der Waals surface area contributed by atoms with Crippen molar-refractivity contribution in [3.8, 4) is 0 Å². The Balaban J connectivity index is 1.58. The first-order valence-corrected chi connectivity index (χ1v) is 12.7. The van der Waals surface area contributed by atoms with Crippen LogP contribution in [0, 0.1) is 0 Å². The van der Waals surface area contributed by atoms with Crippen LogP contribution in [0.15, 0.2) is 61.3 Å². The van der Waals surface area contributed by atoms with Crippen LogP contribution < -0.4 is 5.73 Å². The van der Waals surface area contributed by atoms with E-state index >= 15 is 0 Å². The van der Waals surface area contributed by atoms with Crippen LogP contribution in [0.25, 0.3) is 33.0 Å². The number of nitrogens with one attached hydrogen (secondary N) is 2. The summed E-state index contributed by atoms with van der Waals surface area (Å²) >= 11 is 0. The number of benzene rings is 2. The number of H-pyrrole nitrogens is 2. The molecule has 5 rings (SSSR count). The highest BCUT2D eigenvalue weighted by molar-refractivity contribution is 6.22. The van der Waals surface area contributed by atoms with Gasteiger partial charge in [-0.05, 0) is 64.8 Å². The number of ether oxygens (including phenoxy) is 1. The molecular weight excluding hydrogens is 464 g/mol. The predicted molar refractivity (Wildman–Crippen MR) is 148 cm³/mol. The Bertz CT molecular complexity index is 1530. The molecule has 1 atom stereocenters. The van der Waals surface area contributed by atoms with Gasteiger partial charge in [-0.15, -0.1) is 0 Å². The molecule has 3 heterocycles. The third-order valence-electron chi connectivity index (χ3n) is 7.27. The van der Waals surface area contributed by atoms with Gasteiger partial charge in [-0.3, -0.25) is 9.59 Å². The fourth-order valence-corrected chi connectivity index (χ4v) is 5.00. The van der Waals surface area contributed by atoms with Crippen molar-refractivity contribution in [1.82, 2.24) is 14.9 Å². The number of allylic oxidation sites excluding steroid dienone is 2. The van der Waals surface area contributed by atoms with Crippen LogP contribution in [0.4, 0.5) is 0 Å². The first kappa shape index (κ1) is 24.6. The minimum Gasteiger partial charge on any atom is -0.378 e. The number of amides is 2. The fourth-order valence-electron chi connectivity index (χ4n) is 5.00. The van der Waals surface area contributed by atoms with Crippen LogP contribution in [-0.2, 0) is 9.53 Å². The monoisotopic (exact) mass is 496 g/mol. The van der Waals surface area contributed by atoms with Crippen LogP contribution in [0.2, 0.25) is 0 Å². The molecule has 1 aliphatic heterocycles. The summed E-state index contributed by atoms with van der Waals surface area (Å²) in [7, 11) is 0. The molecular formula is C30H32N4O3. The van der Waals surface area contributed by atoms with Gasteiger partial charge in [-0.1, -0.05) is 38.6 Å². The van der Waals surface area contributed by atoms with Gasteiger partial charge in [-0.2, -0.15) is 0 Å². The molecule has 190 valence electrons. The largest absolute Gasteiger partial charge is 0.378 e. The van der Waals surface area contributed by atoms with E-state index in [0.29, 0.717) is 48.7 Å². The van der Waals surface area contributed by atoms with Crippen molar-refractivity contribution < 1.29 is 14.3 Å². The normalized spacial score (nSPS) is 15.3. The van der Waals surface area contributed by atoms with Crippen molar-refractivity contribution in [1.29, 1.82) is 0 Å². The zero-order valence-electron chi connectivity index (χ0n) is 21.3. The number of rotatable bonds is 7. The minimum atomic E-state index is -0.539. The van der Waals surface area contributed by atoms with E-state index in [2.05, 4.69) is 30.4 Å². The summed E-state index contributed by atoms with van der Waals surface area (Å²) in [5.74, 6) is -0.399. The van der Waals surface area contributed by atoms with Crippen molar-refractivity contribution in [2.24, 2.45) is 5.73 Å². The van der Waals surface area contributed by atoms with Crippen molar-refractivity contribution in [3.63, 3.8) is 0 Å². The average Bonchev–Trinajstić information content (AvgIpc) is 3.54. The Morgan fingerprint density at radius 2 is 1.84 bits per heavy atom. The van der Waals surface area contributed by atoms with Crippen molar-refractivity contribution in [3.05, 3.63) is 83.7 Å². The lowest BCUT2D eigenvalue weighted by molar-refractivity contribution is -0.112. The highest BCUT2D eigenvalue weighted by Gasteiger charge is 2.24. The second-order valence-electron chi connectivity index (χ2n) is 9.62. The Kier molecular flexibility index (Phi) is 6.72. The molecule has 2 amide bonds. The highest BCUT2D eigenvalue weighted by Crippen LogP contribution is 2.36. The van der Waals surface area contributed by atoms with E-state index in [1.54, 1.807) is 6.08 Å². The van der Waals surface area contributed by atoms with E-state index < -0.39 is 5.91 Å². The third-order valence-corrected chi connectivity index (χ3v) is 7.27. The van der Waals surface area contributed by atoms with Crippen molar-refractivity contribution in [2.45, 2.75) is 26.2 Å². The third kappa shape index (κ3) is 4.70. The van der Waals surface area contributed by atoms with E-state index in [4.69, 9.17) is 10.5 Å². The number of hydrogen-bond acceptors (Lipinski definition) is 3. The van der Waals surface area contributed by atoms with Crippen LogP contribution >= 0.6 is 0 Å². The maximum absolute atomic E-state index is 13.1. The minimum absolute atomic E-state index is 0.0230. The van der Waals surface area contributed by atoms with Crippen molar-refractivity contribution in [2.75, 3.05) is 26.3 Å². The molecule has 0 aliphatic carbocycles. The fraction of sp³-hybridized carbons (Fsp3) is 0.267. The summed E-state index contributed by atoms with van der Waals surface area (Å²) in [6, 6.07) is 13.7. The zero-order valence-corrected chi connectivity index (χ0v) is 21.3. The summed E-state index contributed by atoms with van der Waals surface area (Å²) in [6.45, 7) is 10.7. The Morgan fingerprint density at radius 1 is 1.11 bits per heavy atom. The zero-order chi connectivity index (χ0) is 26.1. The summed E-state index contributed by atoms with van der Waals surface area (Å²) in [5.41, 5.74) is 12.0. The molecule has 4 aromatic rings. The molecule has 2 aromatic heterocycles. The van der Waals surface area contributed by atoms with Gasteiger partial charge in [0.25, 0.3) is 11.8 Å². The van der Waals surface area contributed by atoms with E-state index in [1.807, 2.05) is 53.6 Å². The molecule has 1 aliphatic rings. The van der Waals surface area contributed by atoms with E-state index in [0.717, 1.165) is 39.4 Å². The average molecular weight is 497 g/mol. The molecule has 0 radical (unpaired) electrons. The van der Waals surface area contributed by atoms with E-state index in [1.165, 1.54) is 0 Å². The van der Waals surface area contributed by atoms with Gasteiger partial charge in [0.15, 0.2) is 0 Å². The summed E-state index contributed by atoms with van der Waals surface area (Å²) in [4.78, 5) is 34.3. The van der Waals surface area contributed by atoms with Crippen LogP contribution in [0.3, 0.4) is 0 Å². The SMILES string of the molecule is C=C(C=C(C(N)=O)c1[nH]c2cc(C(=O)N3CCOCC3)ccc2c1C(C)CC)c1ccc2cc[nH]c2c1. The number of fused-ring (bicyclic) bond motifs is 2. The van der Waals surface area contributed by atoms with Gasteiger partial charge in [0.1, 0.15) is 0 Å². The Hall–Kier alpha value is -4.10. The highest BCUT2D eigenvalue weighted by atomic mass is 16.5. The quantitative estimate of drug-likeness (QED) is 0.241. The first-order chi connectivity index (χ1) is 17.9. The maximum atomic E-state index is 13.1. The topological polar surface area (TPSA) is 104 Å². The number of carbonyl (C=O) groups excluding carboxylic acids is 2. The van der Waals surface area contributed by atoms with Gasteiger partial charge in [0.05, 0.1) is 24.5 Å². The lowest BCUT2D eigenvalue weighted by Gasteiger charge is -2.26. The number of hydrogen-bond donors (Lipinski definition) is 3. The number of morpholine rings is 1. The van der Waals surface area contributed by atoms with Gasteiger partial charge in [-0.25, -0.2) is 0 Å². The van der Waals surface area contributed by atoms with E-state index in [9.17, 15) is 9.59 Å². The van der Waals surface area contributed by atoms with Crippen LogP contribution in [-0.4, -0.2) is 53.0 Å². The standard InChI is InChI=1S/C30H32N4O3/c1-4-18(2)27-23-8-7-22(30(36)34-11-13-37-14-12-34)17-26(23)33-28(27)24(29(31)35)15-19(3)21-6-5-20-9-10-32-25(20)16-21/h5-10,15-18,32-33H,3-4,11-14H2,1-2H3,(H2,31,35). The van der Waals surface area contributed by atoms with Gasteiger partial charge < -0.3 is 25.3 Å². The van der Waals surface area contributed by atoms with E-state index in [-0.39, 0.29) is 11.8 Å². The number of nitrogens with two attached hydrogens (primary N) is 1. The summed E-state index contributed by atoms with van der Waals surface area (Å²) < 4.78 is 5.38. The molecule has 2 aromatic carbocycles. The molecule has 4 N–H and O–H groups in total. The number of primary amides is 1. The smallest absolute Gasteiger partial charge is 0.254 e. The number of aromatic amines is 2. The maximum Gasteiger partial charge on any atom is 0.254 e. The number of nitrogens with zero attached hydrogens (tertiary/aromatic N) is 1. The number of carbonyl (C=O) groups is 2. The predicted octanol–water partition coefficient (Wildman–Crippen LogP) is 5.22. The Labute approximate surface area is 216 Å². The van der Waals surface area contributed by atoms with Gasteiger partial charge in [0, 0.05) is 41.3 Å². The van der Waals surface area contributed by atoms with Crippen LogP contribution in [0.1, 0.15) is 53.4 Å². The summed E-state index contributed by atoms with van der Waals surface area (Å²) in [5, 5.41) is 2.08. The van der Waals surface area contributed by atoms with Gasteiger partial charge >= 0.3 is 0 Å². The molecule has 1 unspecified atom stereocenters. The van der Waals surface area contributed by atoms with Gasteiger partial charge in [0.2, 0.25) is 0 Å². The lowest BCUT2D eigenvalue weighted by atomic mass is 9.91. The molecule has 7 heteroatoms. The molecule has 7 nitrogen and oxygen atoms in total. The van der Waals surface area contributed by atoms with Crippen molar-refractivity contribution >= 4 is 44.8 Å². The molecule has 0 bridgehead atoms. The lowest BCUT2D eigenvalue weighted by Crippen LogP contribution is -2.40. The molecule has 1 saturated heterocycles. The summed E-state index contributed by atoms with van der Waals surface area (Å²) in [6.07, 6.45) is 4.52. The molecule has 37 heavy (non-hydrogen) atoms. The molecule has 0 saturated carbocycles. The second-order valence-corrected chi connectivity index (χ2v) is 9.62. The molecule has 0 spiro atoms. The van der Waals surface area contributed by atoms with Crippen LogP contribution in [0.5, 0.6) is 0 Å². The second kappa shape index (κ2) is 10.1.